The van der Waals surface area contributed by atoms with Gasteiger partial charge in [-0.05, 0) is 20.8 Å². The molecule has 0 saturated carbocycles. The van der Waals surface area contributed by atoms with Crippen molar-refractivity contribution in [1.29, 1.82) is 0 Å². The van der Waals surface area contributed by atoms with Crippen LogP contribution in [0.5, 0.6) is 0 Å². The Morgan fingerprint density at radius 1 is 1.33 bits per heavy atom. The third-order valence-electron chi connectivity index (χ3n) is 1.55. The summed E-state index contributed by atoms with van der Waals surface area (Å²) in [6.45, 7) is 6.22. The van der Waals surface area contributed by atoms with Crippen LogP contribution in [0.1, 0.15) is 34.1 Å². The number of ether oxygens (including phenoxy) is 1. The minimum atomic E-state index is -2.53. The maximum Gasteiger partial charge on any atom is 0.410 e. The van der Waals surface area contributed by atoms with Gasteiger partial charge in [-0.2, -0.15) is 5.11 Å². The van der Waals surface area contributed by atoms with Crippen molar-refractivity contribution in [2.24, 2.45) is 0 Å². The number of nitrogens with one attached hydrogen (secondary N) is 1. The van der Waals surface area contributed by atoms with Crippen molar-refractivity contribution in [3.8, 4) is 0 Å². The first-order chi connectivity index (χ1) is 6.60. The van der Waals surface area contributed by atoms with Crippen LogP contribution in [0.2, 0.25) is 0 Å². The summed E-state index contributed by atoms with van der Waals surface area (Å²) < 4.78 is 4.77. The van der Waals surface area contributed by atoms with E-state index in [2.05, 4.69) is 0 Å². The number of aliphatic carboxylic acids is 1. The molecule has 0 fully saturated rings. The Morgan fingerprint density at radius 2 is 1.80 bits per heavy atom. The summed E-state index contributed by atoms with van der Waals surface area (Å²) in [6, 6.07) is 0. The number of carboxylic acids is 1. The van der Waals surface area contributed by atoms with Crippen LogP contribution in [0.4, 0.5) is 4.79 Å². The molecule has 2 N–H and O–H groups in total. The largest absolute Gasteiger partial charge is 0.478 e. The molecule has 0 aliphatic rings. The highest BCUT2D eigenvalue weighted by Crippen LogP contribution is 2.11. The van der Waals surface area contributed by atoms with Crippen molar-refractivity contribution in [2.75, 3.05) is 0 Å². The Labute approximate surface area is 88.2 Å². The summed E-state index contributed by atoms with van der Waals surface area (Å²) in [6.07, 6.45) is -1.29. The summed E-state index contributed by atoms with van der Waals surface area (Å²) in [7, 11) is 0. The molecule has 1 unspecified atom stereocenters. The Hall–Kier alpha value is -1.30. The summed E-state index contributed by atoms with van der Waals surface area (Å²) in [5, 5.41) is 21.8. The fourth-order valence-electron chi connectivity index (χ4n) is 0.762. The fraction of sp³-hybridized carbons (Fsp3) is 0.778. The predicted octanol–water partition coefficient (Wildman–Crippen LogP) is 1.13. The van der Waals surface area contributed by atoms with Crippen LogP contribution in [0.15, 0.2) is 0 Å². The minimum absolute atomic E-state index is 0.262. The van der Waals surface area contributed by atoms with Crippen LogP contribution in [0.3, 0.4) is 0 Å². The van der Waals surface area contributed by atoms with E-state index in [4.69, 9.17) is 9.84 Å². The number of hydrogen-bond donors (Lipinski definition) is 2. The lowest BCUT2D eigenvalue weighted by atomic mass is 10.1. The summed E-state index contributed by atoms with van der Waals surface area (Å²) in [4.78, 5) is 21.7. The zero-order valence-corrected chi connectivity index (χ0v) is 9.29. The first-order valence-electron chi connectivity index (χ1n) is 4.55. The van der Waals surface area contributed by atoms with Crippen LogP contribution in [0.25, 0.3) is 0 Å². The van der Waals surface area contributed by atoms with Gasteiger partial charge in [0.25, 0.3) is 5.72 Å². The molecule has 6 nitrogen and oxygen atoms in total. The standard InChI is InChI=1S/C9H16NO5/c1-5-9(14,6(11)12)10-7(13)15-8(2,3)4/h5H2,1-4H3,(H,10,13)(H,11,12). The highest BCUT2D eigenvalue weighted by atomic mass is 16.6. The predicted molar refractivity (Wildman–Crippen MR) is 50.7 cm³/mol. The number of carboxylic acid groups (broad SMARTS) is 1. The van der Waals surface area contributed by atoms with E-state index in [1.807, 2.05) is 0 Å². The van der Waals surface area contributed by atoms with Crippen molar-refractivity contribution in [3.05, 3.63) is 0 Å². The third-order valence-corrected chi connectivity index (χ3v) is 1.55. The third kappa shape index (κ3) is 4.64. The molecule has 87 valence electrons. The van der Waals surface area contributed by atoms with Crippen molar-refractivity contribution >= 4 is 12.1 Å². The maximum atomic E-state index is 11.5. The average molecular weight is 218 g/mol. The fourth-order valence-corrected chi connectivity index (χ4v) is 0.762. The number of amides is 1. The van der Waals surface area contributed by atoms with Crippen LogP contribution in [0, 0.1) is 0 Å². The highest BCUT2D eigenvalue weighted by molar-refractivity contribution is 5.82. The van der Waals surface area contributed by atoms with E-state index >= 15 is 0 Å². The van der Waals surface area contributed by atoms with Gasteiger partial charge in [0.15, 0.2) is 0 Å². The molecular formula is C9H16NO5. The second-order valence-electron chi connectivity index (χ2n) is 4.11. The van der Waals surface area contributed by atoms with Gasteiger partial charge in [0.1, 0.15) is 5.60 Å². The first kappa shape index (κ1) is 13.7. The van der Waals surface area contributed by atoms with E-state index in [0.717, 1.165) is 0 Å². The molecule has 1 radical (unpaired) electrons. The summed E-state index contributed by atoms with van der Waals surface area (Å²) >= 11 is 0. The van der Waals surface area contributed by atoms with Crippen molar-refractivity contribution in [3.63, 3.8) is 0 Å². The van der Waals surface area contributed by atoms with Crippen molar-refractivity contribution in [2.45, 2.75) is 45.4 Å². The van der Waals surface area contributed by atoms with Gasteiger partial charge in [0.2, 0.25) is 0 Å². The van der Waals surface area contributed by atoms with E-state index in [9.17, 15) is 14.7 Å². The molecule has 15 heavy (non-hydrogen) atoms. The van der Waals surface area contributed by atoms with Crippen LogP contribution < -0.4 is 5.32 Å². The first-order valence-corrected chi connectivity index (χ1v) is 4.55. The van der Waals surface area contributed by atoms with E-state index in [1.165, 1.54) is 6.92 Å². The number of carbonyl (C=O) groups excluding carboxylic acids is 1. The molecule has 6 heteroatoms. The number of rotatable bonds is 3. The molecule has 0 bridgehead atoms. The van der Waals surface area contributed by atoms with Gasteiger partial charge in [-0.3, -0.25) is 5.32 Å². The molecule has 0 spiro atoms. The Morgan fingerprint density at radius 3 is 2.07 bits per heavy atom. The topological polar surface area (TPSA) is 95.5 Å². The van der Waals surface area contributed by atoms with Gasteiger partial charge >= 0.3 is 12.1 Å². The van der Waals surface area contributed by atoms with Crippen LogP contribution in [-0.2, 0) is 14.6 Å². The van der Waals surface area contributed by atoms with E-state index < -0.39 is 23.4 Å². The van der Waals surface area contributed by atoms with Crippen LogP contribution >= 0.6 is 0 Å². The van der Waals surface area contributed by atoms with E-state index in [1.54, 1.807) is 26.1 Å². The summed E-state index contributed by atoms with van der Waals surface area (Å²) in [5.41, 5.74) is -3.29. The number of carbonyl (C=O) groups is 2. The van der Waals surface area contributed by atoms with Gasteiger partial charge in [0.05, 0.1) is 0 Å². The lowest BCUT2D eigenvalue weighted by Crippen LogP contribution is -2.54. The molecule has 0 rings (SSSR count). The second kappa shape index (κ2) is 4.48. The molecule has 1 amide bonds. The lowest BCUT2D eigenvalue weighted by Gasteiger charge is -2.24. The molecule has 0 heterocycles. The van der Waals surface area contributed by atoms with Gasteiger partial charge < -0.3 is 9.84 Å². The zero-order valence-electron chi connectivity index (χ0n) is 9.29. The zero-order chi connectivity index (χ0) is 12.3. The van der Waals surface area contributed by atoms with Gasteiger partial charge in [-0.15, -0.1) is 0 Å². The minimum Gasteiger partial charge on any atom is -0.478 e. The molecule has 0 aromatic rings. The molecule has 0 saturated heterocycles. The molecule has 0 aromatic heterocycles. The monoisotopic (exact) mass is 218 g/mol. The lowest BCUT2D eigenvalue weighted by molar-refractivity contribution is -0.171. The molecule has 1 atom stereocenters. The second-order valence-corrected chi connectivity index (χ2v) is 4.11. The average Bonchev–Trinajstić information content (AvgIpc) is 1.99. The van der Waals surface area contributed by atoms with Crippen molar-refractivity contribution < 1.29 is 24.5 Å². The molecule has 0 aromatic carbocycles. The van der Waals surface area contributed by atoms with E-state index in [0.29, 0.717) is 0 Å². The van der Waals surface area contributed by atoms with Gasteiger partial charge in [-0.1, -0.05) is 6.92 Å². The Bertz CT molecular complexity index is 258. The van der Waals surface area contributed by atoms with Crippen LogP contribution in [-0.4, -0.2) is 28.5 Å². The Kier molecular flexibility index (Phi) is 4.09. The number of hydrogen-bond acceptors (Lipinski definition) is 3. The van der Waals surface area contributed by atoms with Gasteiger partial charge in [0, 0.05) is 6.42 Å². The maximum absolute atomic E-state index is 11.5. The van der Waals surface area contributed by atoms with E-state index in [-0.39, 0.29) is 6.42 Å². The highest BCUT2D eigenvalue weighted by Gasteiger charge is 2.39. The molecular weight excluding hydrogens is 202 g/mol. The summed E-state index contributed by atoms with van der Waals surface area (Å²) in [5.74, 6) is -1.63. The van der Waals surface area contributed by atoms with Gasteiger partial charge in [-0.25, -0.2) is 9.59 Å². The van der Waals surface area contributed by atoms with Crippen molar-refractivity contribution in [1.82, 2.24) is 5.32 Å². The quantitative estimate of drug-likeness (QED) is 0.694. The SMILES string of the molecule is CCC([O])(NC(=O)OC(C)(C)C)C(=O)O. The molecule has 0 aliphatic heterocycles. The smallest absolute Gasteiger partial charge is 0.410 e. The Balaban J connectivity index is 4.45. The number of alkyl carbamates (subject to hydrolysis) is 1. The normalized spacial score (nSPS) is 15.3. The molecule has 0 aliphatic carbocycles.